The highest BCUT2D eigenvalue weighted by Gasteiger charge is 2.27. The second-order valence-electron chi connectivity index (χ2n) is 4.34. The van der Waals surface area contributed by atoms with Crippen LogP contribution in [0.25, 0.3) is 0 Å². The van der Waals surface area contributed by atoms with E-state index in [0.29, 0.717) is 5.56 Å². The van der Waals surface area contributed by atoms with Gasteiger partial charge in [-0.3, -0.25) is 4.90 Å². The number of ether oxygens (including phenoxy) is 1. The number of hydrogen-bond donors (Lipinski definition) is 0. The maximum atomic E-state index is 8.68. The molecule has 3 heteroatoms. The summed E-state index contributed by atoms with van der Waals surface area (Å²) in [6, 6.07) is 10.2. The zero-order chi connectivity index (χ0) is 12.1. The molecular formula is C14H18N2O. The molecule has 0 heterocycles. The van der Waals surface area contributed by atoms with Gasteiger partial charge in [-0.25, -0.2) is 0 Å². The van der Waals surface area contributed by atoms with Crippen molar-refractivity contribution >= 4 is 0 Å². The predicted octanol–water partition coefficient (Wildman–Crippen LogP) is 2.42. The standard InChI is InChI=1S/C14H18N2O/c1-2-16(13-5-6-13)9-10-17-14-7-3-12(11-15)4-8-14/h3-4,7-8,13H,2,5-6,9-10H2,1H3. The smallest absolute Gasteiger partial charge is 0.119 e. The molecule has 0 spiro atoms. The first-order valence-corrected chi connectivity index (χ1v) is 6.20. The van der Waals surface area contributed by atoms with Gasteiger partial charge in [-0.1, -0.05) is 6.92 Å². The highest BCUT2D eigenvalue weighted by molar-refractivity contribution is 5.34. The molecule has 1 aromatic rings. The van der Waals surface area contributed by atoms with Gasteiger partial charge in [-0.05, 0) is 43.7 Å². The topological polar surface area (TPSA) is 36.3 Å². The summed E-state index contributed by atoms with van der Waals surface area (Å²) in [6.07, 6.45) is 2.68. The van der Waals surface area contributed by atoms with Crippen molar-refractivity contribution in [3.8, 4) is 11.8 Å². The van der Waals surface area contributed by atoms with E-state index >= 15 is 0 Å². The van der Waals surface area contributed by atoms with Crippen LogP contribution < -0.4 is 4.74 Å². The highest BCUT2D eigenvalue weighted by atomic mass is 16.5. The number of likely N-dealkylation sites (N-methyl/N-ethyl adjacent to an activating group) is 1. The molecular weight excluding hydrogens is 212 g/mol. The maximum absolute atomic E-state index is 8.68. The second-order valence-corrected chi connectivity index (χ2v) is 4.34. The molecule has 0 aromatic heterocycles. The Kier molecular flexibility index (Phi) is 4.00. The van der Waals surface area contributed by atoms with E-state index < -0.39 is 0 Å². The van der Waals surface area contributed by atoms with Crippen LogP contribution in [0.5, 0.6) is 5.75 Å². The fourth-order valence-corrected chi connectivity index (χ4v) is 1.95. The van der Waals surface area contributed by atoms with E-state index in [1.165, 1.54) is 12.8 Å². The fraction of sp³-hybridized carbons (Fsp3) is 0.500. The normalized spacial score (nSPS) is 14.6. The molecule has 0 amide bonds. The number of rotatable bonds is 6. The zero-order valence-corrected chi connectivity index (χ0v) is 10.2. The molecule has 90 valence electrons. The third-order valence-corrected chi connectivity index (χ3v) is 3.10. The Morgan fingerprint density at radius 1 is 1.35 bits per heavy atom. The third kappa shape index (κ3) is 3.47. The second kappa shape index (κ2) is 5.70. The number of nitrogens with zero attached hydrogens (tertiary/aromatic N) is 2. The predicted molar refractivity (Wildman–Crippen MR) is 66.9 cm³/mol. The van der Waals surface area contributed by atoms with Crippen LogP contribution in [0.4, 0.5) is 0 Å². The van der Waals surface area contributed by atoms with Crippen LogP contribution in [0.1, 0.15) is 25.3 Å². The Morgan fingerprint density at radius 3 is 2.59 bits per heavy atom. The number of benzene rings is 1. The fourth-order valence-electron chi connectivity index (χ4n) is 1.95. The van der Waals surface area contributed by atoms with Gasteiger partial charge in [0.15, 0.2) is 0 Å². The SMILES string of the molecule is CCN(CCOc1ccc(C#N)cc1)C1CC1. The van der Waals surface area contributed by atoms with Crippen LogP contribution in [0.3, 0.4) is 0 Å². The van der Waals surface area contributed by atoms with Crippen molar-refractivity contribution in [1.82, 2.24) is 4.90 Å². The summed E-state index contributed by atoms with van der Waals surface area (Å²) < 4.78 is 5.66. The molecule has 2 rings (SSSR count). The molecule has 1 aliphatic rings. The molecule has 0 radical (unpaired) electrons. The monoisotopic (exact) mass is 230 g/mol. The van der Waals surface area contributed by atoms with Gasteiger partial charge in [-0.15, -0.1) is 0 Å². The van der Waals surface area contributed by atoms with E-state index in [-0.39, 0.29) is 0 Å². The molecule has 0 bridgehead atoms. The van der Waals surface area contributed by atoms with E-state index in [1.54, 1.807) is 12.1 Å². The van der Waals surface area contributed by atoms with Gasteiger partial charge in [0.1, 0.15) is 12.4 Å². The molecule has 0 atom stereocenters. The minimum atomic E-state index is 0.672. The van der Waals surface area contributed by atoms with E-state index in [9.17, 15) is 0 Å². The van der Waals surface area contributed by atoms with Gasteiger partial charge in [0, 0.05) is 12.6 Å². The first kappa shape index (κ1) is 11.9. The van der Waals surface area contributed by atoms with Gasteiger partial charge in [0.05, 0.1) is 11.6 Å². The van der Waals surface area contributed by atoms with Crippen LogP contribution in [0.15, 0.2) is 24.3 Å². The number of nitriles is 1. The van der Waals surface area contributed by atoms with Crippen LogP contribution >= 0.6 is 0 Å². The first-order chi connectivity index (χ1) is 8.33. The molecule has 1 fully saturated rings. The summed E-state index contributed by atoms with van der Waals surface area (Å²) in [7, 11) is 0. The summed E-state index contributed by atoms with van der Waals surface area (Å²) in [5.41, 5.74) is 0.672. The minimum absolute atomic E-state index is 0.672. The molecule has 1 saturated carbocycles. The highest BCUT2D eigenvalue weighted by Crippen LogP contribution is 2.26. The lowest BCUT2D eigenvalue weighted by Gasteiger charge is -2.19. The first-order valence-electron chi connectivity index (χ1n) is 6.20. The van der Waals surface area contributed by atoms with Gasteiger partial charge in [0.2, 0.25) is 0 Å². The Balaban J connectivity index is 1.75. The lowest BCUT2D eigenvalue weighted by Crippen LogP contribution is -2.30. The van der Waals surface area contributed by atoms with E-state index in [4.69, 9.17) is 10.00 Å². The Hall–Kier alpha value is -1.53. The van der Waals surface area contributed by atoms with Crippen molar-refractivity contribution in [1.29, 1.82) is 5.26 Å². The summed E-state index contributed by atoms with van der Waals surface area (Å²) in [4.78, 5) is 2.46. The van der Waals surface area contributed by atoms with E-state index in [0.717, 1.165) is 31.5 Å². The van der Waals surface area contributed by atoms with Gasteiger partial charge < -0.3 is 4.74 Å². The van der Waals surface area contributed by atoms with Crippen molar-refractivity contribution < 1.29 is 4.74 Å². The molecule has 1 aliphatic carbocycles. The van der Waals surface area contributed by atoms with Crippen molar-refractivity contribution in [3.05, 3.63) is 29.8 Å². The maximum Gasteiger partial charge on any atom is 0.119 e. The number of hydrogen-bond acceptors (Lipinski definition) is 3. The van der Waals surface area contributed by atoms with Gasteiger partial charge >= 0.3 is 0 Å². The summed E-state index contributed by atoms with van der Waals surface area (Å²) in [5.74, 6) is 0.843. The van der Waals surface area contributed by atoms with Crippen molar-refractivity contribution in [3.63, 3.8) is 0 Å². The van der Waals surface area contributed by atoms with Crippen molar-refractivity contribution in [2.24, 2.45) is 0 Å². The van der Waals surface area contributed by atoms with Crippen molar-refractivity contribution in [2.75, 3.05) is 19.7 Å². The summed E-state index contributed by atoms with van der Waals surface area (Å²) in [5, 5.41) is 8.68. The van der Waals surface area contributed by atoms with Gasteiger partial charge in [-0.2, -0.15) is 5.26 Å². The lowest BCUT2D eigenvalue weighted by molar-refractivity contribution is 0.209. The zero-order valence-electron chi connectivity index (χ0n) is 10.2. The minimum Gasteiger partial charge on any atom is -0.492 e. The van der Waals surface area contributed by atoms with E-state index in [1.807, 2.05) is 12.1 Å². The molecule has 3 nitrogen and oxygen atoms in total. The van der Waals surface area contributed by atoms with Gasteiger partial charge in [0.25, 0.3) is 0 Å². The van der Waals surface area contributed by atoms with E-state index in [2.05, 4.69) is 17.9 Å². The third-order valence-electron chi connectivity index (χ3n) is 3.10. The average molecular weight is 230 g/mol. The van der Waals surface area contributed by atoms with Crippen LogP contribution in [0, 0.1) is 11.3 Å². The molecule has 0 saturated heterocycles. The summed E-state index contributed by atoms with van der Waals surface area (Å²) in [6.45, 7) is 5.00. The largest absolute Gasteiger partial charge is 0.492 e. The summed E-state index contributed by atoms with van der Waals surface area (Å²) >= 11 is 0. The molecule has 17 heavy (non-hydrogen) atoms. The Labute approximate surface area is 103 Å². The van der Waals surface area contributed by atoms with Crippen LogP contribution in [0.2, 0.25) is 0 Å². The lowest BCUT2D eigenvalue weighted by atomic mass is 10.2. The molecule has 0 N–H and O–H groups in total. The van der Waals surface area contributed by atoms with Crippen LogP contribution in [-0.4, -0.2) is 30.6 Å². The molecule has 0 unspecified atom stereocenters. The average Bonchev–Trinajstić information content (AvgIpc) is 3.20. The quantitative estimate of drug-likeness (QED) is 0.753. The van der Waals surface area contributed by atoms with Crippen LogP contribution in [-0.2, 0) is 0 Å². The Bertz CT molecular complexity index is 390. The molecule has 0 aliphatic heterocycles. The Morgan fingerprint density at radius 2 is 2.06 bits per heavy atom. The van der Waals surface area contributed by atoms with Crippen molar-refractivity contribution in [2.45, 2.75) is 25.8 Å². The molecule has 1 aromatic carbocycles.